The van der Waals surface area contributed by atoms with Crippen molar-refractivity contribution in [2.24, 2.45) is 16.3 Å². The van der Waals surface area contributed by atoms with Crippen molar-refractivity contribution in [1.29, 1.82) is 0 Å². The van der Waals surface area contributed by atoms with Gasteiger partial charge in [-0.1, -0.05) is 44.2 Å². The Morgan fingerprint density at radius 3 is 2.38 bits per heavy atom. The zero-order valence-corrected chi connectivity index (χ0v) is 14.1. The molecule has 1 aliphatic heterocycles. The first kappa shape index (κ1) is 16.0. The maximum Gasteiger partial charge on any atom is 0.0874 e. The van der Waals surface area contributed by atoms with Crippen LogP contribution in [-0.2, 0) is 0 Å². The van der Waals surface area contributed by atoms with Crippen LogP contribution in [0.1, 0.15) is 60.3 Å². The van der Waals surface area contributed by atoms with Gasteiger partial charge in [-0.25, -0.2) is 0 Å². The van der Waals surface area contributed by atoms with Crippen LogP contribution in [0.5, 0.6) is 0 Å². The second kappa shape index (κ2) is 6.17. The molecule has 1 heterocycles. The molecule has 3 nitrogen and oxygen atoms in total. The molecule has 0 aliphatic carbocycles. The van der Waals surface area contributed by atoms with Crippen LogP contribution in [0.3, 0.4) is 0 Å². The molecule has 2 rings (SSSR count). The molecule has 0 aromatic heterocycles. The summed E-state index contributed by atoms with van der Waals surface area (Å²) in [4.78, 5) is 0. The van der Waals surface area contributed by atoms with Gasteiger partial charge < -0.3 is 0 Å². The minimum absolute atomic E-state index is 0.0846. The maximum absolute atomic E-state index is 4.71. The van der Waals surface area contributed by atoms with Crippen molar-refractivity contribution in [2.45, 2.75) is 71.4 Å². The molecule has 21 heavy (non-hydrogen) atoms. The van der Waals surface area contributed by atoms with E-state index in [1.807, 2.05) is 30.3 Å². The number of piperidine rings is 1. The third kappa shape index (κ3) is 2.97. The number of nitrogens with zero attached hydrogens (tertiary/aromatic N) is 3. The lowest BCUT2D eigenvalue weighted by atomic mass is 9.71. The minimum atomic E-state index is 0.0846. The number of hydrogen-bond acceptors (Lipinski definition) is 2. The highest BCUT2D eigenvalue weighted by molar-refractivity contribution is 5.34. The van der Waals surface area contributed by atoms with Crippen LogP contribution in [0.15, 0.2) is 40.7 Å². The molecule has 0 bridgehead atoms. The highest BCUT2D eigenvalue weighted by Gasteiger charge is 2.48. The maximum atomic E-state index is 4.71. The molecule has 116 valence electrons. The highest BCUT2D eigenvalue weighted by atomic mass is 15.6. The molecule has 0 N–H and O–H groups in total. The van der Waals surface area contributed by atoms with Gasteiger partial charge in [0.25, 0.3) is 0 Å². The second-order valence-corrected chi connectivity index (χ2v) is 6.84. The fourth-order valence-electron chi connectivity index (χ4n) is 3.40. The molecular weight excluding hydrogens is 258 g/mol. The Bertz CT molecular complexity index is 484. The average Bonchev–Trinajstić information content (AvgIpc) is 2.52. The molecule has 1 fully saturated rings. The third-order valence-electron chi connectivity index (χ3n) is 5.66. The van der Waals surface area contributed by atoms with Gasteiger partial charge in [-0.05, 0) is 57.6 Å². The molecular formula is C18H29N3. The molecule has 0 radical (unpaired) electrons. The Hall–Kier alpha value is -1.38. The fraction of sp³-hybridized carbons (Fsp3) is 0.667. The van der Waals surface area contributed by atoms with Crippen LogP contribution >= 0.6 is 0 Å². The summed E-state index contributed by atoms with van der Waals surface area (Å²) in [6.45, 7) is 11.6. The number of benzene rings is 1. The van der Waals surface area contributed by atoms with Crippen LogP contribution < -0.4 is 0 Å². The Morgan fingerprint density at radius 1 is 1.14 bits per heavy atom. The van der Waals surface area contributed by atoms with E-state index in [1.54, 1.807) is 0 Å². The van der Waals surface area contributed by atoms with Crippen molar-refractivity contribution in [3.63, 3.8) is 0 Å². The molecule has 0 amide bonds. The van der Waals surface area contributed by atoms with Crippen LogP contribution in [0.25, 0.3) is 0 Å². The van der Waals surface area contributed by atoms with Gasteiger partial charge in [0.2, 0.25) is 0 Å². The quantitative estimate of drug-likeness (QED) is 0.647. The van der Waals surface area contributed by atoms with Crippen molar-refractivity contribution < 1.29 is 0 Å². The van der Waals surface area contributed by atoms with E-state index in [0.29, 0.717) is 5.92 Å². The topological polar surface area (TPSA) is 28.0 Å². The lowest BCUT2D eigenvalue weighted by molar-refractivity contribution is -0.0869. The van der Waals surface area contributed by atoms with E-state index < -0.39 is 0 Å². The van der Waals surface area contributed by atoms with Crippen molar-refractivity contribution in [1.82, 2.24) is 5.01 Å². The summed E-state index contributed by atoms with van der Waals surface area (Å²) in [5.41, 5.74) is 1.12. The summed E-state index contributed by atoms with van der Waals surface area (Å²) < 4.78 is 0. The normalized spacial score (nSPS) is 33.6. The molecule has 1 aromatic rings. The largest absolute Gasteiger partial charge is 0.267 e. The van der Waals surface area contributed by atoms with Gasteiger partial charge in [0.15, 0.2) is 0 Å². The van der Waals surface area contributed by atoms with Gasteiger partial charge in [0.1, 0.15) is 0 Å². The summed E-state index contributed by atoms with van der Waals surface area (Å²) >= 11 is 0. The SMILES string of the molecule is CCC1(C)CCC(C)C(C)(CC)N1N=Nc1ccccc1. The summed E-state index contributed by atoms with van der Waals surface area (Å²) in [5.74, 6) is 0.636. The van der Waals surface area contributed by atoms with E-state index in [0.717, 1.165) is 18.5 Å². The zero-order chi connectivity index (χ0) is 15.5. The summed E-state index contributed by atoms with van der Waals surface area (Å²) in [7, 11) is 0. The minimum Gasteiger partial charge on any atom is -0.267 e. The first-order valence-electron chi connectivity index (χ1n) is 8.23. The van der Waals surface area contributed by atoms with Gasteiger partial charge in [-0.2, -0.15) is 0 Å². The van der Waals surface area contributed by atoms with E-state index in [9.17, 15) is 0 Å². The molecule has 0 saturated carbocycles. The molecule has 3 atom stereocenters. The average molecular weight is 287 g/mol. The highest BCUT2D eigenvalue weighted by Crippen LogP contribution is 2.45. The molecule has 1 saturated heterocycles. The summed E-state index contributed by atoms with van der Waals surface area (Å²) in [6.07, 6.45) is 4.65. The molecule has 1 aromatic carbocycles. The van der Waals surface area contributed by atoms with Crippen molar-refractivity contribution in [3.8, 4) is 0 Å². The van der Waals surface area contributed by atoms with Gasteiger partial charge in [-0.3, -0.25) is 5.01 Å². The number of hydrogen-bond donors (Lipinski definition) is 0. The smallest absolute Gasteiger partial charge is 0.0874 e. The zero-order valence-electron chi connectivity index (χ0n) is 14.1. The van der Waals surface area contributed by atoms with E-state index in [4.69, 9.17) is 5.22 Å². The van der Waals surface area contributed by atoms with Crippen molar-refractivity contribution >= 4 is 5.69 Å². The van der Waals surface area contributed by atoms with E-state index >= 15 is 0 Å². The lowest BCUT2D eigenvalue weighted by Crippen LogP contribution is -2.61. The summed E-state index contributed by atoms with van der Waals surface area (Å²) in [5, 5.41) is 11.5. The molecule has 3 unspecified atom stereocenters. The first-order valence-corrected chi connectivity index (χ1v) is 8.23. The lowest BCUT2D eigenvalue weighted by Gasteiger charge is -2.55. The molecule has 1 aliphatic rings. The van der Waals surface area contributed by atoms with E-state index in [2.05, 4.69) is 44.7 Å². The predicted octanol–water partition coefficient (Wildman–Crippen LogP) is 5.75. The second-order valence-electron chi connectivity index (χ2n) is 6.84. The Labute approximate surface area is 129 Å². The first-order chi connectivity index (χ1) is 9.96. The summed E-state index contributed by atoms with van der Waals surface area (Å²) in [6, 6.07) is 10.0. The van der Waals surface area contributed by atoms with E-state index in [-0.39, 0.29) is 11.1 Å². The van der Waals surface area contributed by atoms with Gasteiger partial charge in [0, 0.05) is 0 Å². The Kier molecular flexibility index (Phi) is 4.70. The van der Waals surface area contributed by atoms with Crippen molar-refractivity contribution in [3.05, 3.63) is 30.3 Å². The monoisotopic (exact) mass is 287 g/mol. The van der Waals surface area contributed by atoms with Gasteiger partial charge in [-0.15, -0.1) is 5.11 Å². The standard InChI is InChI=1S/C18H29N3/c1-6-17(4)14-13-15(3)18(5,7-2)21(17)20-19-16-11-9-8-10-12-16/h8-12,15H,6-7,13-14H2,1-5H3. The number of rotatable bonds is 4. The molecule has 0 spiro atoms. The van der Waals surface area contributed by atoms with Crippen LogP contribution in [0.2, 0.25) is 0 Å². The van der Waals surface area contributed by atoms with Crippen LogP contribution in [-0.4, -0.2) is 16.1 Å². The van der Waals surface area contributed by atoms with Crippen LogP contribution in [0, 0.1) is 5.92 Å². The van der Waals surface area contributed by atoms with Crippen molar-refractivity contribution in [2.75, 3.05) is 0 Å². The Balaban J connectivity index is 2.35. The Morgan fingerprint density at radius 2 is 1.81 bits per heavy atom. The fourth-order valence-corrected chi connectivity index (χ4v) is 3.40. The van der Waals surface area contributed by atoms with Crippen LogP contribution in [0.4, 0.5) is 5.69 Å². The predicted molar refractivity (Wildman–Crippen MR) is 88.6 cm³/mol. The van der Waals surface area contributed by atoms with E-state index in [1.165, 1.54) is 12.8 Å². The molecule has 3 heteroatoms. The third-order valence-corrected chi connectivity index (χ3v) is 5.66. The van der Waals surface area contributed by atoms with Gasteiger partial charge >= 0.3 is 0 Å². The van der Waals surface area contributed by atoms with Gasteiger partial charge in [0.05, 0.1) is 16.8 Å².